The minimum absolute atomic E-state index is 0.132. The third kappa shape index (κ3) is 3.34. The summed E-state index contributed by atoms with van der Waals surface area (Å²) < 4.78 is 5.82. The fourth-order valence-electron chi connectivity index (χ4n) is 2.87. The van der Waals surface area contributed by atoms with E-state index in [2.05, 4.69) is 38.2 Å². The zero-order chi connectivity index (χ0) is 14.9. The number of benzene rings is 1. The highest BCUT2D eigenvalue weighted by Crippen LogP contribution is 2.33. The van der Waals surface area contributed by atoms with Crippen LogP contribution in [0.15, 0.2) is 18.2 Å². The SMILES string of the molecule is Cc1cc(N)c(OC(C)C)cc1C1=CC(C)NC(C)C1. The summed E-state index contributed by atoms with van der Waals surface area (Å²) in [6.07, 6.45) is 3.47. The molecule has 0 saturated carbocycles. The molecule has 0 aliphatic carbocycles. The molecule has 0 saturated heterocycles. The Balaban J connectivity index is 2.40. The average molecular weight is 274 g/mol. The molecular weight excluding hydrogens is 248 g/mol. The van der Waals surface area contributed by atoms with Crippen molar-refractivity contribution in [2.45, 2.75) is 59.2 Å². The second-order valence-corrected chi connectivity index (χ2v) is 6.12. The highest BCUT2D eigenvalue weighted by atomic mass is 16.5. The molecular formula is C17H26N2O. The lowest BCUT2D eigenvalue weighted by molar-refractivity contribution is 0.243. The summed E-state index contributed by atoms with van der Waals surface area (Å²) in [6, 6.07) is 5.02. The number of nitrogens with two attached hydrogens (primary N) is 1. The molecule has 0 aromatic heterocycles. The molecule has 0 bridgehead atoms. The first-order valence-corrected chi connectivity index (χ1v) is 7.40. The van der Waals surface area contributed by atoms with Crippen LogP contribution in [0.4, 0.5) is 5.69 Å². The van der Waals surface area contributed by atoms with Crippen LogP contribution in [0.1, 0.15) is 45.2 Å². The number of nitrogens with one attached hydrogen (secondary N) is 1. The first-order valence-electron chi connectivity index (χ1n) is 7.40. The van der Waals surface area contributed by atoms with E-state index in [0.29, 0.717) is 12.1 Å². The Morgan fingerprint density at radius 1 is 1.30 bits per heavy atom. The van der Waals surface area contributed by atoms with Crippen LogP contribution in [0.3, 0.4) is 0 Å². The van der Waals surface area contributed by atoms with Gasteiger partial charge in [0.25, 0.3) is 0 Å². The molecule has 20 heavy (non-hydrogen) atoms. The molecule has 0 fully saturated rings. The number of nitrogen functional groups attached to an aromatic ring is 1. The van der Waals surface area contributed by atoms with Gasteiger partial charge in [0.05, 0.1) is 11.8 Å². The van der Waals surface area contributed by atoms with E-state index in [1.54, 1.807) is 0 Å². The summed E-state index contributed by atoms with van der Waals surface area (Å²) in [5, 5.41) is 3.52. The summed E-state index contributed by atoms with van der Waals surface area (Å²) >= 11 is 0. The highest BCUT2D eigenvalue weighted by molar-refractivity contribution is 5.74. The number of aryl methyl sites for hydroxylation is 1. The molecule has 1 aliphatic heterocycles. The van der Waals surface area contributed by atoms with E-state index in [4.69, 9.17) is 10.5 Å². The van der Waals surface area contributed by atoms with Crippen molar-refractivity contribution < 1.29 is 4.74 Å². The lowest BCUT2D eigenvalue weighted by Gasteiger charge is -2.27. The summed E-state index contributed by atoms with van der Waals surface area (Å²) in [4.78, 5) is 0. The van der Waals surface area contributed by atoms with Crippen molar-refractivity contribution in [3.8, 4) is 5.75 Å². The third-order valence-electron chi connectivity index (χ3n) is 3.59. The number of rotatable bonds is 3. The maximum Gasteiger partial charge on any atom is 0.143 e. The molecule has 1 heterocycles. The van der Waals surface area contributed by atoms with Gasteiger partial charge in [-0.25, -0.2) is 0 Å². The maximum absolute atomic E-state index is 6.07. The molecule has 110 valence electrons. The first-order chi connectivity index (χ1) is 9.36. The van der Waals surface area contributed by atoms with Crippen molar-refractivity contribution in [1.82, 2.24) is 5.32 Å². The Morgan fingerprint density at radius 3 is 2.60 bits per heavy atom. The molecule has 1 aliphatic rings. The van der Waals surface area contributed by atoms with Crippen molar-refractivity contribution in [2.24, 2.45) is 0 Å². The highest BCUT2D eigenvalue weighted by Gasteiger charge is 2.19. The van der Waals surface area contributed by atoms with Crippen molar-refractivity contribution in [1.29, 1.82) is 0 Å². The van der Waals surface area contributed by atoms with Gasteiger partial charge in [0.15, 0.2) is 0 Å². The molecule has 3 N–H and O–H groups in total. The number of ether oxygens (including phenoxy) is 1. The minimum Gasteiger partial charge on any atom is -0.489 e. The zero-order valence-electron chi connectivity index (χ0n) is 13.2. The first kappa shape index (κ1) is 14.9. The van der Waals surface area contributed by atoms with Gasteiger partial charge in [0.2, 0.25) is 0 Å². The third-order valence-corrected chi connectivity index (χ3v) is 3.59. The van der Waals surface area contributed by atoms with Gasteiger partial charge in [-0.15, -0.1) is 0 Å². The molecule has 3 heteroatoms. The molecule has 2 rings (SSSR count). The number of hydrogen-bond acceptors (Lipinski definition) is 3. The van der Waals surface area contributed by atoms with Gasteiger partial charge >= 0.3 is 0 Å². The summed E-state index contributed by atoms with van der Waals surface area (Å²) in [5.74, 6) is 0.792. The molecule has 0 radical (unpaired) electrons. The predicted octanol–water partition coefficient (Wildman–Crippen LogP) is 3.52. The Labute approximate surface area is 122 Å². The average Bonchev–Trinajstić information content (AvgIpc) is 2.30. The fraction of sp³-hybridized carbons (Fsp3) is 0.529. The Kier molecular flexibility index (Phi) is 4.39. The molecule has 2 atom stereocenters. The van der Waals surface area contributed by atoms with E-state index in [1.807, 2.05) is 19.9 Å². The Bertz CT molecular complexity index is 520. The van der Waals surface area contributed by atoms with E-state index in [1.165, 1.54) is 16.7 Å². The van der Waals surface area contributed by atoms with Crippen LogP contribution >= 0.6 is 0 Å². The van der Waals surface area contributed by atoms with Crippen molar-refractivity contribution in [3.63, 3.8) is 0 Å². The monoisotopic (exact) mass is 274 g/mol. The minimum atomic E-state index is 0.132. The summed E-state index contributed by atoms with van der Waals surface area (Å²) in [5.41, 5.74) is 10.6. The normalized spacial score (nSPS) is 22.8. The van der Waals surface area contributed by atoms with E-state index in [-0.39, 0.29) is 6.10 Å². The molecule has 0 amide bonds. The van der Waals surface area contributed by atoms with E-state index < -0.39 is 0 Å². The number of hydrogen-bond donors (Lipinski definition) is 2. The van der Waals surface area contributed by atoms with Gasteiger partial charge in [0.1, 0.15) is 5.75 Å². The van der Waals surface area contributed by atoms with Crippen molar-refractivity contribution >= 4 is 11.3 Å². The lowest BCUT2D eigenvalue weighted by atomic mass is 9.90. The second-order valence-electron chi connectivity index (χ2n) is 6.12. The van der Waals surface area contributed by atoms with E-state index in [9.17, 15) is 0 Å². The molecule has 2 unspecified atom stereocenters. The fourth-order valence-corrected chi connectivity index (χ4v) is 2.87. The van der Waals surface area contributed by atoms with E-state index in [0.717, 1.165) is 17.9 Å². The van der Waals surface area contributed by atoms with Gasteiger partial charge in [-0.05, 0) is 69.9 Å². The van der Waals surface area contributed by atoms with Crippen molar-refractivity contribution in [2.75, 3.05) is 5.73 Å². The van der Waals surface area contributed by atoms with Crippen LogP contribution in [-0.2, 0) is 0 Å². The second kappa shape index (κ2) is 5.88. The summed E-state index contributed by atoms with van der Waals surface area (Å²) in [7, 11) is 0. The molecule has 3 nitrogen and oxygen atoms in total. The standard InChI is InChI=1S/C17H26N2O/c1-10(2)20-17-9-15(11(3)6-16(17)18)14-7-12(4)19-13(5)8-14/h6-7,9-10,12-13,19H,8,18H2,1-5H3. The molecule has 0 spiro atoms. The lowest BCUT2D eigenvalue weighted by Crippen LogP contribution is -2.36. The van der Waals surface area contributed by atoms with Crippen LogP contribution in [0.25, 0.3) is 5.57 Å². The zero-order valence-corrected chi connectivity index (χ0v) is 13.2. The van der Waals surface area contributed by atoms with Crippen molar-refractivity contribution in [3.05, 3.63) is 29.3 Å². The van der Waals surface area contributed by atoms with Gasteiger partial charge in [-0.1, -0.05) is 6.08 Å². The topological polar surface area (TPSA) is 47.3 Å². The smallest absolute Gasteiger partial charge is 0.143 e. The van der Waals surface area contributed by atoms with Crippen LogP contribution in [0.5, 0.6) is 5.75 Å². The number of anilines is 1. The Hall–Kier alpha value is -1.48. The maximum atomic E-state index is 6.07. The molecule has 1 aromatic rings. The van der Waals surface area contributed by atoms with Gasteiger partial charge in [-0.3, -0.25) is 0 Å². The van der Waals surface area contributed by atoms with Gasteiger partial charge in [0, 0.05) is 12.1 Å². The van der Waals surface area contributed by atoms with Gasteiger partial charge in [-0.2, -0.15) is 0 Å². The van der Waals surface area contributed by atoms with Crippen LogP contribution in [0.2, 0.25) is 0 Å². The molecule has 1 aromatic carbocycles. The van der Waals surface area contributed by atoms with Crippen LogP contribution in [-0.4, -0.2) is 18.2 Å². The Morgan fingerprint density at radius 2 is 2.00 bits per heavy atom. The largest absolute Gasteiger partial charge is 0.489 e. The van der Waals surface area contributed by atoms with E-state index >= 15 is 0 Å². The van der Waals surface area contributed by atoms with Gasteiger partial charge < -0.3 is 15.8 Å². The van der Waals surface area contributed by atoms with Crippen LogP contribution in [0, 0.1) is 6.92 Å². The quantitative estimate of drug-likeness (QED) is 0.829. The predicted molar refractivity (Wildman–Crippen MR) is 86.0 cm³/mol. The summed E-state index contributed by atoms with van der Waals surface area (Å²) in [6.45, 7) is 10.6. The van der Waals surface area contributed by atoms with Crippen LogP contribution < -0.4 is 15.8 Å².